The van der Waals surface area contributed by atoms with Crippen molar-refractivity contribution >= 4 is 21.6 Å². The Morgan fingerprint density at radius 1 is 1.11 bits per heavy atom. The van der Waals surface area contributed by atoms with E-state index in [1.807, 2.05) is 24.3 Å². The molecule has 0 fully saturated rings. The Balaban J connectivity index is 2.05. The molecule has 0 radical (unpaired) electrons. The summed E-state index contributed by atoms with van der Waals surface area (Å²) in [5.41, 5.74) is 4.91. The highest BCUT2D eigenvalue weighted by Gasteiger charge is 2.21. The summed E-state index contributed by atoms with van der Waals surface area (Å²) in [4.78, 5) is 3.76. The Morgan fingerprint density at radius 3 is 2.44 bits per heavy atom. The molecule has 0 aliphatic rings. The molecular formula is C22H20BrFN2O. The largest absolute Gasteiger partial charge is 0.411 e. The van der Waals surface area contributed by atoms with E-state index in [9.17, 15) is 9.60 Å². The summed E-state index contributed by atoms with van der Waals surface area (Å²) in [6.45, 7) is 3.78. The van der Waals surface area contributed by atoms with Crippen molar-refractivity contribution in [3.63, 3.8) is 0 Å². The third kappa shape index (κ3) is 4.61. The van der Waals surface area contributed by atoms with Crippen molar-refractivity contribution in [1.29, 1.82) is 0 Å². The number of aryl methyl sites for hydroxylation is 2. The van der Waals surface area contributed by atoms with Gasteiger partial charge in [0.2, 0.25) is 5.95 Å². The van der Waals surface area contributed by atoms with E-state index in [4.69, 9.17) is 0 Å². The number of rotatable bonds is 5. The number of hydrogen-bond acceptors (Lipinski definition) is 3. The van der Waals surface area contributed by atoms with E-state index in [0.717, 1.165) is 21.2 Å². The third-order valence-electron chi connectivity index (χ3n) is 4.61. The molecule has 1 unspecified atom stereocenters. The maximum Gasteiger partial charge on any atom is 0.213 e. The average molecular weight is 427 g/mol. The first-order valence-electron chi connectivity index (χ1n) is 8.64. The molecule has 0 aliphatic carbocycles. The Hall–Kier alpha value is -2.53. The molecule has 2 aromatic carbocycles. The van der Waals surface area contributed by atoms with Gasteiger partial charge in [-0.1, -0.05) is 57.5 Å². The lowest BCUT2D eigenvalue weighted by molar-refractivity contribution is 0.317. The summed E-state index contributed by atoms with van der Waals surface area (Å²) in [5, 5.41) is 13.1. The van der Waals surface area contributed by atoms with Crippen LogP contribution in [0.2, 0.25) is 0 Å². The minimum atomic E-state index is -0.581. The van der Waals surface area contributed by atoms with Crippen molar-refractivity contribution in [2.24, 2.45) is 5.16 Å². The molecule has 0 saturated carbocycles. The first kappa shape index (κ1) is 19.2. The van der Waals surface area contributed by atoms with E-state index >= 15 is 0 Å². The normalized spacial score (nSPS) is 12.8. The van der Waals surface area contributed by atoms with E-state index in [1.165, 1.54) is 6.07 Å². The third-order valence-corrected chi connectivity index (χ3v) is 5.14. The molecule has 0 aliphatic heterocycles. The molecule has 1 heterocycles. The van der Waals surface area contributed by atoms with E-state index < -0.39 is 5.95 Å². The van der Waals surface area contributed by atoms with Crippen molar-refractivity contribution in [3.05, 3.63) is 99.0 Å². The second-order valence-corrected chi connectivity index (χ2v) is 7.45. The van der Waals surface area contributed by atoms with Crippen molar-refractivity contribution in [2.45, 2.75) is 26.2 Å². The van der Waals surface area contributed by atoms with Crippen molar-refractivity contribution in [1.82, 2.24) is 4.98 Å². The fourth-order valence-corrected chi connectivity index (χ4v) is 3.55. The lowest BCUT2D eigenvalue weighted by atomic mass is 9.83. The van der Waals surface area contributed by atoms with E-state index in [-0.39, 0.29) is 5.92 Å². The summed E-state index contributed by atoms with van der Waals surface area (Å²) < 4.78 is 14.8. The van der Waals surface area contributed by atoms with Crippen LogP contribution in [0.3, 0.4) is 0 Å². The molecule has 0 bridgehead atoms. The monoisotopic (exact) mass is 426 g/mol. The van der Waals surface area contributed by atoms with Crippen molar-refractivity contribution in [2.75, 3.05) is 0 Å². The molecule has 0 saturated heterocycles. The minimum absolute atomic E-state index is 0.0262. The van der Waals surface area contributed by atoms with Gasteiger partial charge in [-0.3, -0.25) is 0 Å². The molecule has 1 atom stereocenters. The van der Waals surface area contributed by atoms with Gasteiger partial charge in [0, 0.05) is 34.1 Å². The highest BCUT2D eigenvalue weighted by molar-refractivity contribution is 9.10. The minimum Gasteiger partial charge on any atom is -0.411 e. The zero-order valence-electron chi connectivity index (χ0n) is 15.2. The number of halogens is 2. The predicted octanol–water partition coefficient (Wildman–Crippen LogP) is 6.00. The summed E-state index contributed by atoms with van der Waals surface area (Å²) in [5.74, 6) is -0.607. The summed E-state index contributed by atoms with van der Waals surface area (Å²) >= 11 is 3.47. The van der Waals surface area contributed by atoms with E-state index in [2.05, 4.69) is 57.3 Å². The Bertz CT molecular complexity index is 950. The first-order valence-corrected chi connectivity index (χ1v) is 9.43. The maximum absolute atomic E-state index is 13.8. The number of benzene rings is 2. The summed E-state index contributed by atoms with van der Waals surface area (Å²) in [7, 11) is 0. The van der Waals surface area contributed by atoms with Gasteiger partial charge >= 0.3 is 0 Å². The number of aromatic nitrogens is 1. The van der Waals surface area contributed by atoms with Crippen molar-refractivity contribution in [3.8, 4) is 0 Å². The molecule has 3 rings (SSSR count). The van der Waals surface area contributed by atoms with Crippen LogP contribution in [-0.2, 0) is 0 Å². The first-order chi connectivity index (χ1) is 13.0. The second-order valence-electron chi connectivity index (χ2n) is 6.53. The van der Waals surface area contributed by atoms with Crippen LogP contribution in [0, 0.1) is 19.8 Å². The Kier molecular flexibility index (Phi) is 6.01. The van der Waals surface area contributed by atoms with Gasteiger partial charge < -0.3 is 5.21 Å². The molecular weight excluding hydrogens is 407 g/mol. The number of pyridine rings is 1. The molecule has 1 N–H and O–H groups in total. The fourth-order valence-electron chi connectivity index (χ4n) is 3.28. The molecule has 0 spiro atoms. The van der Waals surface area contributed by atoms with Crippen LogP contribution in [0.4, 0.5) is 4.39 Å². The van der Waals surface area contributed by atoms with Crippen LogP contribution in [0.1, 0.15) is 40.3 Å². The molecule has 1 aromatic heterocycles. The van der Waals surface area contributed by atoms with Crippen LogP contribution in [0.15, 0.2) is 70.3 Å². The SMILES string of the molecule is Cc1cc(C(CC(c2ccc(Br)cc2)c2ccccc2C)=NO)cc(F)n1. The van der Waals surface area contributed by atoms with Gasteiger partial charge in [0.15, 0.2) is 0 Å². The van der Waals surface area contributed by atoms with Gasteiger partial charge in [-0.2, -0.15) is 4.39 Å². The molecule has 138 valence electrons. The summed E-state index contributed by atoms with van der Waals surface area (Å²) in [6.07, 6.45) is 0.436. The quantitative estimate of drug-likeness (QED) is 0.235. The second kappa shape index (κ2) is 8.44. The van der Waals surface area contributed by atoms with Crippen LogP contribution >= 0.6 is 15.9 Å². The average Bonchev–Trinajstić information content (AvgIpc) is 2.64. The van der Waals surface area contributed by atoms with Gasteiger partial charge in [-0.05, 0) is 48.7 Å². The highest BCUT2D eigenvalue weighted by Crippen LogP contribution is 2.32. The van der Waals surface area contributed by atoms with Crippen LogP contribution < -0.4 is 0 Å². The van der Waals surface area contributed by atoms with Gasteiger partial charge in [0.05, 0.1) is 5.71 Å². The molecule has 27 heavy (non-hydrogen) atoms. The lowest BCUT2D eigenvalue weighted by Crippen LogP contribution is -2.12. The zero-order chi connectivity index (χ0) is 19.4. The smallest absolute Gasteiger partial charge is 0.213 e. The van der Waals surface area contributed by atoms with Gasteiger partial charge in [-0.25, -0.2) is 4.98 Å². The number of hydrogen-bond donors (Lipinski definition) is 1. The molecule has 3 nitrogen and oxygen atoms in total. The van der Waals surface area contributed by atoms with Crippen LogP contribution in [-0.4, -0.2) is 15.9 Å². The van der Waals surface area contributed by atoms with E-state index in [0.29, 0.717) is 23.4 Å². The van der Waals surface area contributed by atoms with Gasteiger partial charge in [0.1, 0.15) is 0 Å². The maximum atomic E-state index is 13.8. The van der Waals surface area contributed by atoms with E-state index in [1.54, 1.807) is 13.0 Å². The Labute approximate surface area is 166 Å². The van der Waals surface area contributed by atoms with Gasteiger partial charge in [-0.15, -0.1) is 0 Å². The fraction of sp³-hybridized carbons (Fsp3) is 0.182. The highest BCUT2D eigenvalue weighted by atomic mass is 79.9. The Morgan fingerprint density at radius 2 is 1.81 bits per heavy atom. The predicted molar refractivity (Wildman–Crippen MR) is 109 cm³/mol. The van der Waals surface area contributed by atoms with Crippen LogP contribution in [0.25, 0.3) is 0 Å². The molecule has 5 heteroatoms. The van der Waals surface area contributed by atoms with Crippen molar-refractivity contribution < 1.29 is 9.60 Å². The number of oxime groups is 1. The lowest BCUT2D eigenvalue weighted by Gasteiger charge is -2.21. The van der Waals surface area contributed by atoms with Crippen LogP contribution in [0.5, 0.6) is 0 Å². The zero-order valence-corrected chi connectivity index (χ0v) is 16.7. The standard InChI is InChI=1S/C22H20BrFN2O/c1-14-5-3-4-6-19(14)20(16-7-9-18(23)10-8-16)13-21(26-27)17-11-15(2)25-22(24)12-17/h3-12,20,27H,13H2,1-2H3. The summed E-state index contributed by atoms with van der Waals surface area (Å²) in [6, 6.07) is 19.3. The van der Waals surface area contributed by atoms with Gasteiger partial charge in [0.25, 0.3) is 0 Å². The molecule has 3 aromatic rings. The molecule has 0 amide bonds. The number of nitrogens with zero attached hydrogens (tertiary/aromatic N) is 2. The topological polar surface area (TPSA) is 45.5 Å².